The molecule has 0 aliphatic carbocycles. The second-order valence-electron chi connectivity index (χ2n) is 29.9. The fraction of sp³-hybridized carbons (Fsp3) is 0.963. The Hall–Kier alpha value is -2.68. The maximum Gasteiger partial charge on any atom is 0.221 e. The lowest BCUT2D eigenvalue weighted by Gasteiger charge is -2.37. The monoisotopic (exact) mass is 1980 g/mol. The van der Waals surface area contributed by atoms with Crippen LogP contribution < -0.4 is 10.6 Å². The predicted molar refractivity (Wildman–Crippen MR) is 613 cm³/mol. The standard InChI is InChI=1S/C53H110N2O16.C19H39N3O2.C11H21N3.26CH4/c1-9-17-56-25-29-64-45-50(68-37-33-60-21-13-5)41-54(42-51(69-38-34-61-22-14-6)46-65-30-26-57-18-10-2)49-55(43-52(70-39-35-62-23-15-7)47-66-31-27-58-19-11-3)44-53(71-40-36-63-24-16-8)48-67-32-28-59-20-12-4;1-15(2)7-11-20-18(23)9-13-22(17(5)6)14-10-19(24)21-12-8-16(3)4;1-8(2)6-11-7-14(13-12-11)10(5)9(3)4;;;;;;;;;;;;;;;;;;;;;;;;;;/h50-53H,9-49H2,1-8H3;15-17H,7-14H2,1-6H3,(H,20,23)(H,21,24);7-10H,6H2,1-5H3;26*1H4. The normalized spacial score (nSPS) is 10.7. The van der Waals surface area contributed by atoms with Crippen molar-refractivity contribution in [2.24, 2.45) is 23.7 Å². The van der Waals surface area contributed by atoms with Gasteiger partial charge in [-0.15, -0.1) is 5.10 Å². The molecule has 0 aliphatic rings. The van der Waals surface area contributed by atoms with Crippen LogP contribution in [0, 0.1) is 23.7 Å². The van der Waals surface area contributed by atoms with E-state index >= 15 is 0 Å². The summed E-state index contributed by atoms with van der Waals surface area (Å²) in [7, 11) is 0. The summed E-state index contributed by atoms with van der Waals surface area (Å²) in [6, 6.07) is 0.764. The SMILES string of the molecule is C.C.C.C.C.C.C.C.C.C.C.C.C.C.C.C.C.C.C.C.C.C.C.C.C.C.CC(C)CCNC(=O)CCN(CCC(=O)NCCC(C)C)C(C)C.CC(C)Cc1cn(C(C)C(C)C)nn1.CCCOCCOCC(CN(CC(COCCOCCC)OCCOCCC)CN(CC(COCCOCCC)OCCOCCC)CC(COCCOCCC)OCCOCCC)OCCOCCC. The van der Waals surface area contributed by atoms with E-state index in [-0.39, 0.29) is 229 Å². The third kappa shape index (κ3) is 142. The highest BCUT2D eigenvalue weighted by atomic mass is 16.6. The van der Waals surface area contributed by atoms with Gasteiger partial charge in [-0.25, -0.2) is 4.68 Å². The largest absolute Gasteiger partial charge is 0.379 e. The quantitative estimate of drug-likeness (QED) is 0.0454. The van der Waals surface area contributed by atoms with Gasteiger partial charge >= 0.3 is 0 Å². The average molecular weight is 1990 g/mol. The van der Waals surface area contributed by atoms with E-state index in [0.717, 1.165) is 89.4 Å². The van der Waals surface area contributed by atoms with Gasteiger partial charge in [0.05, 0.1) is 175 Å². The van der Waals surface area contributed by atoms with Gasteiger partial charge in [0.25, 0.3) is 0 Å². The first-order valence-corrected chi connectivity index (χ1v) is 42.8. The van der Waals surface area contributed by atoms with Gasteiger partial charge in [-0.1, -0.05) is 309 Å². The van der Waals surface area contributed by atoms with Gasteiger partial charge in [0.1, 0.15) is 0 Å². The summed E-state index contributed by atoms with van der Waals surface area (Å²) in [5.74, 6) is 2.65. The Labute approximate surface area is 857 Å². The zero-order chi connectivity index (χ0) is 81.0. The number of amides is 2. The summed E-state index contributed by atoms with van der Waals surface area (Å²) in [4.78, 5) is 30.7. The van der Waals surface area contributed by atoms with Crippen LogP contribution in [0.5, 0.6) is 0 Å². The van der Waals surface area contributed by atoms with Gasteiger partial charge < -0.3 is 86.4 Å². The molecule has 0 aliphatic heterocycles. The van der Waals surface area contributed by atoms with Crippen molar-refractivity contribution in [2.75, 3.05) is 244 Å². The molecule has 26 nitrogen and oxygen atoms in total. The number of carbonyl (C=O) groups is 2. The summed E-state index contributed by atoms with van der Waals surface area (Å²) in [6.07, 6.45) is 12.5. The van der Waals surface area contributed by atoms with Crippen LogP contribution >= 0.6 is 0 Å². The predicted octanol–water partition coefficient (Wildman–Crippen LogP) is 28.6. The average Bonchev–Trinajstić information content (AvgIpc) is 1.15. The van der Waals surface area contributed by atoms with Gasteiger partial charge in [0.15, 0.2) is 0 Å². The van der Waals surface area contributed by atoms with E-state index in [9.17, 15) is 9.59 Å². The molecule has 2 amide bonds. The van der Waals surface area contributed by atoms with Crippen LogP contribution in [0.25, 0.3) is 0 Å². The molecule has 26 heteroatoms. The summed E-state index contributed by atoms with van der Waals surface area (Å²) in [6.45, 7) is 60.7. The topological polar surface area (TPSA) is 246 Å². The molecule has 1 aromatic heterocycles. The van der Waals surface area contributed by atoms with Crippen molar-refractivity contribution in [1.29, 1.82) is 0 Å². The minimum atomic E-state index is -0.298. The Bertz CT molecular complexity index is 1870. The van der Waals surface area contributed by atoms with Gasteiger partial charge in [0, 0.05) is 130 Å². The summed E-state index contributed by atoms with van der Waals surface area (Å²) in [5.41, 5.74) is 1.10. The lowest BCUT2D eigenvalue weighted by Crippen LogP contribution is -2.52. The van der Waals surface area contributed by atoms with Crippen LogP contribution in [0.2, 0.25) is 0 Å². The summed E-state index contributed by atoms with van der Waals surface area (Å²) >= 11 is 0. The van der Waals surface area contributed by atoms with E-state index in [1.54, 1.807) is 0 Å². The number of carbonyl (C=O) groups excluding carboxylic acids is 2. The van der Waals surface area contributed by atoms with Crippen molar-refractivity contribution >= 4 is 11.8 Å². The molecule has 858 valence electrons. The molecule has 135 heavy (non-hydrogen) atoms. The second kappa shape index (κ2) is 157. The van der Waals surface area contributed by atoms with Crippen LogP contribution in [0.4, 0.5) is 0 Å². The lowest BCUT2D eigenvalue weighted by molar-refractivity contribution is -0.121. The van der Waals surface area contributed by atoms with Crippen molar-refractivity contribution in [3.05, 3.63) is 11.9 Å². The molecule has 1 rings (SSSR count). The number of aromatic nitrogens is 3. The zero-order valence-electron chi connectivity index (χ0n) is 73.2. The maximum atomic E-state index is 11.9. The number of nitrogens with one attached hydrogen (secondary N) is 2. The fourth-order valence-electron chi connectivity index (χ4n) is 10.5. The number of hydrogen-bond donors (Lipinski definition) is 2. The first kappa shape index (κ1) is 210. The maximum absolute atomic E-state index is 11.9. The summed E-state index contributed by atoms with van der Waals surface area (Å²) < 4.78 is 99.7. The highest BCUT2D eigenvalue weighted by molar-refractivity contribution is 5.76. The highest BCUT2D eigenvalue weighted by Gasteiger charge is 2.28. The van der Waals surface area contributed by atoms with Crippen LogP contribution in [-0.4, -0.2) is 316 Å². The van der Waals surface area contributed by atoms with Crippen molar-refractivity contribution in [3.63, 3.8) is 0 Å². The van der Waals surface area contributed by atoms with Crippen LogP contribution in [-0.2, 0) is 91.8 Å². The molecule has 0 radical (unpaired) electrons. The molecule has 1 aromatic rings. The van der Waals surface area contributed by atoms with E-state index in [2.05, 4.69) is 173 Å². The Kier molecular flexibility index (Phi) is 243. The van der Waals surface area contributed by atoms with Gasteiger partial charge in [-0.2, -0.15) is 0 Å². The minimum Gasteiger partial charge on any atom is -0.379 e. The van der Waals surface area contributed by atoms with E-state index < -0.39 is 0 Å². The second-order valence-corrected chi connectivity index (χ2v) is 29.9. The Morgan fingerprint density at radius 2 is 0.533 bits per heavy atom. The van der Waals surface area contributed by atoms with Gasteiger partial charge in [-0.05, 0) is 115 Å². The van der Waals surface area contributed by atoms with Crippen LogP contribution in [0.1, 0.15) is 413 Å². The zero-order valence-corrected chi connectivity index (χ0v) is 73.2. The third-order valence-corrected chi connectivity index (χ3v) is 16.7. The van der Waals surface area contributed by atoms with Crippen LogP contribution in [0.3, 0.4) is 0 Å². The minimum absolute atomic E-state index is 0. The molecule has 5 unspecified atom stereocenters. The molecule has 0 aromatic carbocycles. The van der Waals surface area contributed by atoms with E-state index in [0.29, 0.717) is 280 Å². The highest BCUT2D eigenvalue weighted by Crippen LogP contribution is 2.17. The van der Waals surface area contributed by atoms with Gasteiger partial charge in [-0.3, -0.25) is 24.3 Å². The van der Waals surface area contributed by atoms with E-state index in [1.165, 1.54) is 0 Å². The molecule has 2 N–H and O–H groups in total. The number of ether oxygens (including phenoxy) is 16. The molecule has 0 bridgehead atoms. The van der Waals surface area contributed by atoms with Crippen molar-refractivity contribution < 1.29 is 85.4 Å². The molecule has 0 fully saturated rings. The molecular weight excluding hydrogens is 1710 g/mol. The fourth-order valence-corrected chi connectivity index (χ4v) is 10.5. The summed E-state index contributed by atoms with van der Waals surface area (Å²) in [5, 5.41) is 14.3. The Morgan fingerprint density at radius 3 is 0.733 bits per heavy atom. The number of rotatable bonds is 79. The van der Waals surface area contributed by atoms with Crippen molar-refractivity contribution in [3.8, 4) is 0 Å². The first-order chi connectivity index (χ1) is 52.7. The Morgan fingerprint density at radius 1 is 0.311 bits per heavy atom. The molecular formula is C109H274N8O18. The lowest BCUT2D eigenvalue weighted by atomic mass is 10.1. The van der Waals surface area contributed by atoms with E-state index in [1.807, 2.05) is 4.68 Å². The number of nitrogens with zero attached hydrogens (tertiary/aromatic N) is 6. The van der Waals surface area contributed by atoms with E-state index in [4.69, 9.17) is 75.8 Å². The van der Waals surface area contributed by atoms with Crippen molar-refractivity contribution in [1.82, 2.24) is 40.3 Å². The Balaban J connectivity index is -0.0000000583. The van der Waals surface area contributed by atoms with Crippen LogP contribution in [0.15, 0.2) is 6.20 Å². The molecule has 1 heterocycles. The van der Waals surface area contributed by atoms with Gasteiger partial charge in [0.2, 0.25) is 11.8 Å². The number of hydrogen-bond acceptors (Lipinski definition) is 23. The third-order valence-electron chi connectivity index (χ3n) is 16.7. The smallest absolute Gasteiger partial charge is 0.221 e. The molecule has 0 saturated carbocycles. The first-order valence-electron chi connectivity index (χ1n) is 42.8. The molecule has 0 spiro atoms. The molecule has 5 atom stereocenters. The van der Waals surface area contributed by atoms with Crippen molar-refractivity contribution in [2.45, 2.75) is 445 Å². The molecule has 0 saturated heterocycles.